The largest absolute Gasteiger partial charge is 0.487 e. The monoisotopic (exact) mass is 323 g/mol. The molecule has 1 aromatic carbocycles. The summed E-state index contributed by atoms with van der Waals surface area (Å²) in [5, 5.41) is 1.29. The summed E-state index contributed by atoms with van der Waals surface area (Å²) in [5.41, 5.74) is 1.15. The van der Waals surface area contributed by atoms with E-state index in [2.05, 4.69) is 0 Å². The molecule has 120 valence electrons. The van der Waals surface area contributed by atoms with Crippen molar-refractivity contribution in [1.29, 1.82) is 0 Å². The van der Waals surface area contributed by atoms with Crippen LogP contribution < -0.4 is 4.74 Å². The number of aryl methyl sites for hydroxylation is 1. The van der Waals surface area contributed by atoms with Gasteiger partial charge in [0.15, 0.2) is 0 Å². The number of benzene rings is 1. The SMILES string of the molecule is Cc1cc2c(Cl)c(OC(C)(C)C)ccc2n1C(=O)OC(C)C. The van der Waals surface area contributed by atoms with Crippen molar-refractivity contribution in [3.63, 3.8) is 0 Å². The van der Waals surface area contributed by atoms with Crippen LogP contribution in [0, 0.1) is 6.92 Å². The standard InChI is InChI=1S/C17H22ClNO3/c1-10(2)21-16(20)19-11(3)9-12-13(19)7-8-14(15(12)18)22-17(4,5)6/h7-10H,1-6H3. The third kappa shape index (κ3) is 3.38. The molecule has 5 heteroatoms. The summed E-state index contributed by atoms with van der Waals surface area (Å²) in [7, 11) is 0. The van der Waals surface area contributed by atoms with Crippen molar-refractivity contribution in [1.82, 2.24) is 4.57 Å². The van der Waals surface area contributed by atoms with E-state index in [1.54, 1.807) is 6.07 Å². The van der Waals surface area contributed by atoms with Crippen molar-refractivity contribution < 1.29 is 14.3 Å². The lowest BCUT2D eigenvalue weighted by Gasteiger charge is -2.22. The number of halogens is 1. The van der Waals surface area contributed by atoms with Crippen LogP contribution in [0.15, 0.2) is 18.2 Å². The van der Waals surface area contributed by atoms with Crippen molar-refractivity contribution in [3.8, 4) is 5.75 Å². The zero-order valence-electron chi connectivity index (χ0n) is 13.9. The lowest BCUT2D eigenvalue weighted by atomic mass is 10.2. The van der Waals surface area contributed by atoms with Gasteiger partial charge in [-0.15, -0.1) is 0 Å². The molecule has 0 N–H and O–H groups in total. The Hall–Kier alpha value is -1.68. The highest BCUT2D eigenvalue weighted by Gasteiger charge is 2.20. The van der Waals surface area contributed by atoms with Crippen LogP contribution in [0.5, 0.6) is 5.75 Å². The maximum Gasteiger partial charge on any atom is 0.418 e. The molecule has 4 nitrogen and oxygen atoms in total. The van der Waals surface area contributed by atoms with Gasteiger partial charge in [-0.2, -0.15) is 0 Å². The van der Waals surface area contributed by atoms with Crippen LogP contribution in [0.1, 0.15) is 40.3 Å². The Morgan fingerprint density at radius 1 is 1.27 bits per heavy atom. The fraction of sp³-hybridized carbons (Fsp3) is 0.471. The minimum atomic E-state index is -0.400. The van der Waals surface area contributed by atoms with E-state index >= 15 is 0 Å². The molecule has 1 aromatic heterocycles. The fourth-order valence-corrected chi connectivity index (χ4v) is 2.52. The van der Waals surface area contributed by atoms with Gasteiger partial charge in [0.1, 0.15) is 11.4 Å². The van der Waals surface area contributed by atoms with E-state index in [4.69, 9.17) is 21.1 Å². The molecule has 0 aliphatic rings. The second-order valence-electron chi connectivity index (χ2n) is 6.58. The molecule has 0 unspecified atom stereocenters. The zero-order chi connectivity index (χ0) is 16.7. The second kappa shape index (κ2) is 5.84. The summed E-state index contributed by atoms with van der Waals surface area (Å²) in [6.45, 7) is 11.4. The molecule has 0 atom stereocenters. The number of carbonyl (C=O) groups excluding carboxylic acids is 1. The summed E-state index contributed by atoms with van der Waals surface area (Å²) >= 11 is 6.45. The molecule has 0 amide bonds. The van der Waals surface area contributed by atoms with Gasteiger partial charge in [-0.1, -0.05) is 11.6 Å². The third-order valence-corrected chi connectivity index (χ3v) is 3.39. The number of ether oxygens (including phenoxy) is 2. The van der Waals surface area contributed by atoms with E-state index in [-0.39, 0.29) is 11.7 Å². The van der Waals surface area contributed by atoms with Gasteiger partial charge >= 0.3 is 6.09 Å². The normalized spacial score (nSPS) is 12.0. The maximum absolute atomic E-state index is 12.2. The minimum Gasteiger partial charge on any atom is -0.487 e. The predicted octanol–water partition coefficient (Wildman–Crippen LogP) is 5.17. The van der Waals surface area contributed by atoms with E-state index in [0.29, 0.717) is 10.8 Å². The molecule has 22 heavy (non-hydrogen) atoms. The van der Waals surface area contributed by atoms with E-state index in [0.717, 1.165) is 16.6 Å². The molecule has 0 spiro atoms. The van der Waals surface area contributed by atoms with Crippen molar-refractivity contribution >= 4 is 28.6 Å². The van der Waals surface area contributed by atoms with Crippen LogP contribution in [0.3, 0.4) is 0 Å². The highest BCUT2D eigenvalue weighted by molar-refractivity contribution is 6.37. The lowest BCUT2D eigenvalue weighted by Crippen LogP contribution is -2.23. The summed E-state index contributed by atoms with van der Waals surface area (Å²) in [5.74, 6) is 0.607. The Bertz CT molecular complexity index is 711. The first-order valence-corrected chi connectivity index (χ1v) is 7.68. The molecule has 0 bridgehead atoms. The average molecular weight is 324 g/mol. The van der Waals surface area contributed by atoms with Gasteiger partial charge in [-0.05, 0) is 59.7 Å². The van der Waals surface area contributed by atoms with E-state index in [1.807, 2.05) is 53.7 Å². The van der Waals surface area contributed by atoms with Crippen molar-refractivity contribution in [3.05, 3.63) is 28.9 Å². The Labute approximate surface area is 136 Å². The number of nitrogens with zero attached hydrogens (tertiary/aromatic N) is 1. The van der Waals surface area contributed by atoms with Crippen LogP contribution in [0.4, 0.5) is 4.79 Å². The molecule has 1 heterocycles. The highest BCUT2D eigenvalue weighted by Crippen LogP contribution is 2.36. The molecule has 0 aliphatic heterocycles. The molecular weight excluding hydrogens is 302 g/mol. The lowest BCUT2D eigenvalue weighted by molar-refractivity contribution is 0.117. The number of carbonyl (C=O) groups is 1. The highest BCUT2D eigenvalue weighted by atomic mass is 35.5. The van der Waals surface area contributed by atoms with Crippen molar-refractivity contribution in [2.24, 2.45) is 0 Å². The maximum atomic E-state index is 12.2. The van der Waals surface area contributed by atoms with Gasteiger partial charge in [-0.25, -0.2) is 9.36 Å². The number of fused-ring (bicyclic) bond motifs is 1. The fourth-order valence-electron chi connectivity index (χ4n) is 2.26. The number of rotatable bonds is 2. The molecule has 0 fully saturated rings. The Balaban J connectivity index is 2.53. The Morgan fingerprint density at radius 3 is 2.45 bits per heavy atom. The Morgan fingerprint density at radius 2 is 1.91 bits per heavy atom. The molecule has 0 saturated carbocycles. The zero-order valence-corrected chi connectivity index (χ0v) is 14.6. The van der Waals surface area contributed by atoms with Crippen molar-refractivity contribution in [2.75, 3.05) is 0 Å². The van der Waals surface area contributed by atoms with Crippen LogP contribution >= 0.6 is 11.6 Å². The average Bonchev–Trinajstić information content (AvgIpc) is 2.68. The smallest absolute Gasteiger partial charge is 0.418 e. The molecular formula is C17H22ClNO3. The minimum absolute atomic E-state index is 0.177. The molecule has 0 saturated heterocycles. The summed E-state index contributed by atoms with van der Waals surface area (Å²) in [6.07, 6.45) is -0.577. The van der Waals surface area contributed by atoms with Gasteiger partial charge in [0.2, 0.25) is 0 Å². The van der Waals surface area contributed by atoms with E-state index in [9.17, 15) is 4.79 Å². The Kier molecular flexibility index (Phi) is 4.43. The van der Waals surface area contributed by atoms with Gasteiger partial charge < -0.3 is 9.47 Å². The summed E-state index contributed by atoms with van der Waals surface area (Å²) < 4.78 is 12.7. The number of aromatic nitrogens is 1. The first kappa shape index (κ1) is 16.7. The first-order valence-electron chi connectivity index (χ1n) is 7.30. The van der Waals surface area contributed by atoms with Crippen LogP contribution in [0.2, 0.25) is 5.02 Å². The van der Waals surface area contributed by atoms with Crippen molar-refractivity contribution in [2.45, 2.75) is 53.2 Å². The first-order chi connectivity index (χ1) is 10.1. The molecule has 0 radical (unpaired) electrons. The van der Waals surface area contributed by atoms with Gasteiger partial charge in [0.05, 0.1) is 16.6 Å². The number of hydrogen-bond donors (Lipinski definition) is 0. The molecule has 2 aromatic rings. The van der Waals surface area contributed by atoms with Crippen LogP contribution in [-0.2, 0) is 4.74 Å². The number of hydrogen-bond acceptors (Lipinski definition) is 3. The second-order valence-corrected chi connectivity index (χ2v) is 6.96. The summed E-state index contributed by atoms with van der Waals surface area (Å²) in [4.78, 5) is 12.2. The quantitative estimate of drug-likeness (QED) is 0.765. The van der Waals surface area contributed by atoms with E-state index in [1.165, 1.54) is 4.57 Å². The molecule has 0 aliphatic carbocycles. The third-order valence-electron chi connectivity index (χ3n) is 3.00. The topological polar surface area (TPSA) is 40.5 Å². The predicted molar refractivity (Wildman–Crippen MR) is 89.1 cm³/mol. The van der Waals surface area contributed by atoms with E-state index < -0.39 is 6.09 Å². The van der Waals surface area contributed by atoms with Gasteiger partial charge in [0, 0.05) is 11.1 Å². The molecule has 2 rings (SSSR count). The van der Waals surface area contributed by atoms with Crippen LogP contribution in [-0.4, -0.2) is 22.4 Å². The van der Waals surface area contributed by atoms with Crippen LogP contribution in [0.25, 0.3) is 10.9 Å². The van der Waals surface area contributed by atoms with Gasteiger partial charge in [-0.3, -0.25) is 0 Å². The summed E-state index contributed by atoms with van der Waals surface area (Å²) in [6, 6.07) is 5.49. The van der Waals surface area contributed by atoms with Gasteiger partial charge in [0.25, 0.3) is 0 Å².